The third-order valence-electron chi connectivity index (χ3n) is 2.53. The number of nitrogens with one attached hydrogen (secondary N) is 4. The van der Waals surface area contributed by atoms with E-state index in [1.807, 2.05) is 20.8 Å². The molecular formula is C11H19N5O. The number of H-pyrrole nitrogens is 1. The molecular weight excluding hydrogens is 218 g/mol. The summed E-state index contributed by atoms with van der Waals surface area (Å²) in [5.41, 5.74) is 1.91. The van der Waals surface area contributed by atoms with Crippen molar-refractivity contribution in [1.82, 2.24) is 20.8 Å². The van der Waals surface area contributed by atoms with Crippen molar-refractivity contribution in [1.29, 1.82) is 0 Å². The number of aromatic nitrogens is 2. The van der Waals surface area contributed by atoms with E-state index in [0.717, 1.165) is 30.8 Å². The molecule has 0 aliphatic carbocycles. The molecule has 0 atom stereocenters. The zero-order chi connectivity index (χ0) is 12.5. The van der Waals surface area contributed by atoms with E-state index in [1.165, 1.54) is 0 Å². The summed E-state index contributed by atoms with van der Waals surface area (Å²) in [6.07, 6.45) is 0.886. The topological polar surface area (TPSA) is 81.8 Å². The summed E-state index contributed by atoms with van der Waals surface area (Å²) < 4.78 is 0. The molecule has 1 aliphatic heterocycles. The lowest BCUT2D eigenvalue weighted by atomic mass is 10.1. The molecule has 94 valence electrons. The molecule has 0 unspecified atom stereocenters. The zero-order valence-electron chi connectivity index (χ0n) is 10.5. The Hall–Kier alpha value is -1.56. The monoisotopic (exact) mass is 237 g/mol. The minimum absolute atomic E-state index is 0.217. The quantitative estimate of drug-likeness (QED) is 0.587. The second kappa shape index (κ2) is 4.37. The highest BCUT2D eigenvalue weighted by Crippen LogP contribution is 2.19. The first-order chi connectivity index (χ1) is 7.96. The first-order valence-corrected chi connectivity index (χ1v) is 5.82. The fraction of sp³-hybridized carbons (Fsp3) is 0.636. The van der Waals surface area contributed by atoms with E-state index >= 15 is 0 Å². The summed E-state index contributed by atoms with van der Waals surface area (Å²) >= 11 is 0. The van der Waals surface area contributed by atoms with E-state index < -0.39 is 0 Å². The van der Waals surface area contributed by atoms with Gasteiger partial charge in [-0.3, -0.25) is 10.4 Å². The summed E-state index contributed by atoms with van der Waals surface area (Å²) in [5, 5.41) is 15.9. The van der Waals surface area contributed by atoms with Crippen LogP contribution in [0.25, 0.3) is 0 Å². The van der Waals surface area contributed by atoms with Gasteiger partial charge in [0.05, 0.1) is 5.69 Å². The second-order valence-corrected chi connectivity index (χ2v) is 5.29. The van der Waals surface area contributed by atoms with Crippen molar-refractivity contribution in [3.8, 4) is 0 Å². The number of amides is 2. The molecule has 0 spiro atoms. The summed E-state index contributed by atoms with van der Waals surface area (Å²) in [4.78, 5) is 11.7. The van der Waals surface area contributed by atoms with Crippen LogP contribution in [0.1, 0.15) is 32.0 Å². The minimum atomic E-state index is -0.248. The van der Waals surface area contributed by atoms with E-state index in [2.05, 4.69) is 26.1 Å². The average Bonchev–Trinajstić information content (AvgIpc) is 2.59. The van der Waals surface area contributed by atoms with E-state index in [-0.39, 0.29) is 11.6 Å². The maximum absolute atomic E-state index is 11.7. The highest BCUT2D eigenvalue weighted by atomic mass is 16.2. The van der Waals surface area contributed by atoms with Crippen LogP contribution >= 0.6 is 0 Å². The zero-order valence-corrected chi connectivity index (χ0v) is 10.5. The van der Waals surface area contributed by atoms with E-state index in [0.29, 0.717) is 5.82 Å². The number of rotatable bonds is 1. The van der Waals surface area contributed by atoms with Gasteiger partial charge < -0.3 is 10.6 Å². The molecule has 4 N–H and O–H groups in total. The first kappa shape index (κ1) is 11.9. The number of fused-ring (bicyclic) bond motifs is 1. The maximum Gasteiger partial charge on any atom is 0.320 e. The number of aromatic amines is 1. The fourth-order valence-corrected chi connectivity index (χ4v) is 1.83. The Morgan fingerprint density at radius 3 is 2.88 bits per heavy atom. The van der Waals surface area contributed by atoms with Crippen LogP contribution in [0.2, 0.25) is 0 Å². The van der Waals surface area contributed by atoms with Gasteiger partial charge in [-0.15, -0.1) is 0 Å². The second-order valence-electron chi connectivity index (χ2n) is 5.29. The molecule has 2 rings (SSSR count). The number of anilines is 1. The first-order valence-electron chi connectivity index (χ1n) is 5.82. The van der Waals surface area contributed by atoms with Crippen LogP contribution < -0.4 is 16.0 Å². The van der Waals surface area contributed by atoms with E-state index in [4.69, 9.17) is 0 Å². The molecule has 2 amide bonds. The van der Waals surface area contributed by atoms with Gasteiger partial charge in [0.15, 0.2) is 5.82 Å². The van der Waals surface area contributed by atoms with Gasteiger partial charge in [-0.1, -0.05) is 0 Å². The molecule has 0 fully saturated rings. The smallest absolute Gasteiger partial charge is 0.320 e. The minimum Gasteiger partial charge on any atom is -0.333 e. The summed E-state index contributed by atoms with van der Waals surface area (Å²) in [7, 11) is 0. The van der Waals surface area contributed by atoms with Gasteiger partial charge >= 0.3 is 6.03 Å². The summed E-state index contributed by atoms with van der Waals surface area (Å²) in [6, 6.07) is -0.217. The molecule has 1 aliphatic rings. The highest BCUT2D eigenvalue weighted by Gasteiger charge is 2.19. The third-order valence-corrected chi connectivity index (χ3v) is 2.53. The van der Waals surface area contributed by atoms with Crippen LogP contribution in [0.5, 0.6) is 0 Å². The lowest BCUT2D eigenvalue weighted by Crippen LogP contribution is -2.43. The van der Waals surface area contributed by atoms with Crippen molar-refractivity contribution >= 4 is 11.8 Å². The Bertz CT molecular complexity index is 418. The number of urea groups is 1. The highest BCUT2D eigenvalue weighted by molar-refractivity contribution is 5.89. The van der Waals surface area contributed by atoms with Crippen molar-refractivity contribution < 1.29 is 4.79 Å². The molecule has 1 aromatic rings. The largest absolute Gasteiger partial charge is 0.333 e. The average molecular weight is 237 g/mol. The Labute approximate surface area is 101 Å². The van der Waals surface area contributed by atoms with Crippen LogP contribution in [0, 0.1) is 0 Å². The molecule has 0 bridgehead atoms. The lowest BCUT2D eigenvalue weighted by Gasteiger charge is -2.20. The fourth-order valence-electron chi connectivity index (χ4n) is 1.83. The SMILES string of the molecule is CC(C)(C)NC(=O)Nc1n[nH]c2c1CCNC2. The van der Waals surface area contributed by atoms with Gasteiger partial charge in [-0.2, -0.15) is 5.10 Å². The number of nitrogens with zero attached hydrogens (tertiary/aromatic N) is 1. The standard InChI is InChI=1S/C11H19N5O/c1-11(2,3)14-10(17)13-9-7-4-5-12-6-8(7)15-16-9/h12H,4-6H2,1-3H3,(H3,13,14,15,16,17). The van der Waals surface area contributed by atoms with Crippen molar-refractivity contribution in [3.63, 3.8) is 0 Å². The molecule has 6 heteroatoms. The van der Waals surface area contributed by atoms with Gasteiger partial charge in [0.25, 0.3) is 0 Å². The Balaban J connectivity index is 2.04. The van der Waals surface area contributed by atoms with Crippen LogP contribution in [0.15, 0.2) is 0 Å². The molecule has 0 radical (unpaired) electrons. The Kier molecular flexibility index (Phi) is 3.06. The van der Waals surface area contributed by atoms with Crippen molar-refractivity contribution in [3.05, 3.63) is 11.3 Å². The normalized spacial score (nSPS) is 15.2. The number of carbonyl (C=O) groups is 1. The van der Waals surface area contributed by atoms with E-state index in [1.54, 1.807) is 0 Å². The molecule has 0 saturated heterocycles. The number of hydrogen-bond donors (Lipinski definition) is 4. The van der Waals surface area contributed by atoms with Crippen LogP contribution in [0.4, 0.5) is 10.6 Å². The number of hydrogen-bond acceptors (Lipinski definition) is 3. The van der Waals surface area contributed by atoms with Gasteiger partial charge in [-0.25, -0.2) is 4.79 Å². The molecule has 17 heavy (non-hydrogen) atoms. The van der Waals surface area contributed by atoms with Crippen LogP contribution in [-0.2, 0) is 13.0 Å². The Morgan fingerprint density at radius 2 is 2.18 bits per heavy atom. The molecule has 6 nitrogen and oxygen atoms in total. The molecule has 2 heterocycles. The van der Waals surface area contributed by atoms with Gasteiger partial charge in [0, 0.05) is 17.6 Å². The summed E-state index contributed by atoms with van der Waals surface area (Å²) in [6.45, 7) is 7.52. The van der Waals surface area contributed by atoms with Crippen molar-refractivity contribution in [2.75, 3.05) is 11.9 Å². The lowest BCUT2D eigenvalue weighted by molar-refractivity contribution is 0.243. The molecule has 1 aromatic heterocycles. The Morgan fingerprint density at radius 1 is 1.41 bits per heavy atom. The predicted molar refractivity (Wildman–Crippen MR) is 65.9 cm³/mol. The maximum atomic E-state index is 11.7. The van der Waals surface area contributed by atoms with E-state index in [9.17, 15) is 4.79 Å². The van der Waals surface area contributed by atoms with Crippen LogP contribution in [0.3, 0.4) is 0 Å². The van der Waals surface area contributed by atoms with Crippen LogP contribution in [-0.4, -0.2) is 28.3 Å². The van der Waals surface area contributed by atoms with Gasteiger partial charge in [0.1, 0.15) is 0 Å². The van der Waals surface area contributed by atoms with Gasteiger partial charge in [0.2, 0.25) is 0 Å². The molecule has 0 saturated carbocycles. The van der Waals surface area contributed by atoms with Gasteiger partial charge in [-0.05, 0) is 33.7 Å². The van der Waals surface area contributed by atoms with Crippen molar-refractivity contribution in [2.45, 2.75) is 39.3 Å². The summed E-state index contributed by atoms with van der Waals surface area (Å²) in [5.74, 6) is 0.642. The molecule has 0 aromatic carbocycles. The number of carbonyl (C=O) groups excluding carboxylic acids is 1. The predicted octanol–water partition coefficient (Wildman–Crippen LogP) is 0.975. The third kappa shape index (κ3) is 2.97. The van der Waals surface area contributed by atoms with Crippen molar-refractivity contribution in [2.24, 2.45) is 0 Å².